The molecule has 2 aliphatic rings. The van der Waals surface area contributed by atoms with Crippen molar-refractivity contribution in [3.8, 4) is 0 Å². The molecule has 0 saturated carbocycles. The third-order valence-corrected chi connectivity index (χ3v) is 16.3. The number of thioether (sulfide) groups is 3. The van der Waals surface area contributed by atoms with Gasteiger partial charge in [-0.25, -0.2) is 19.3 Å². The number of isocyanates is 1. The molecule has 2 N–H and O–H groups in total. The molecule has 0 aliphatic carbocycles. The Morgan fingerprint density at radius 3 is 1.36 bits per heavy atom. The Morgan fingerprint density at radius 2 is 0.910 bits per heavy atom. The highest BCUT2D eigenvalue weighted by molar-refractivity contribution is 7.99. The lowest BCUT2D eigenvalue weighted by Crippen LogP contribution is -2.48. The van der Waals surface area contributed by atoms with Crippen LogP contribution in [0.1, 0.15) is 78.0 Å². The number of hydrogen-bond donors (Lipinski definition) is 2. The predicted octanol–water partition coefficient (Wildman–Crippen LogP) is 17.8. The molecule has 11 nitrogen and oxygen atoms in total. The lowest BCUT2D eigenvalue weighted by molar-refractivity contribution is -0.145. The molecule has 472 valence electrons. The van der Waals surface area contributed by atoms with E-state index in [9.17, 15) is 71.9 Å². The fraction of sp³-hybridized carbons (Fsp3) is 0.270. The van der Waals surface area contributed by atoms with E-state index in [1.165, 1.54) is 43.5 Å². The number of imide groups is 1. The molecule has 7 aromatic carbocycles. The summed E-state index contributed by atoms with van der Waals surface area (Å²) in [7, 11) is 0. The van der Waals surface area contributed by atoms with E-state index in [2.05, 4.69) is 15.6 Å². The molecule has 0 unspecified atom stereocenters. The van der Waals surface area contributed by atoms with Gasteiger partial charge >= 0.3 is 36.8 Å². The van der Waals surface area contributed by atoms with Gasteiger partial charge in [-0.3, -0.25) is 9.69 Å². The molecule has 0 bridgehead atoms. The van der Waals surface area contributed by atoms with Crippen LogP contribution in [0.4, 0.5) is 79.3 Å². The zero-order chi connectivity index (χ0) is 64.4. The van der Waals surface area contributed by atoms with Crippen LogP contribution in [0.25, 0.3) is 0 Å². The van der Waals surface area contributed by atoms with Crippen molar-refractivity contribution in [2.75, 3.05) is 48.3 Å². The first kappa shape index (κ1) is 70.3. The van der Waals surface area contributed by atoms with Gasteiger partial charge in [-0.1, -0.05) is 104 Å². The number of nitrogens with zero attached hydrogens (tertiary/aromatic N) is 3. The number of amides is 5. The van der Waals surface area contributed by atoms with Crippen molar-refractivity contribution in [1.29, 1.82) is 0 Å². The minimum atomic E-state index is -5.03. The topological polar surface area (TPSA) is 130 Å². The Labute approximate surface area is 517 Å². The zero-order valence-corrected chi connectivity index (χ0v) is 49.4. The van der Waals surface area contributed by atoms with Crippen LogP contribution in [0, 0.1) is 0 Å². The molecule has 7 aromatic rings. The molecule has 2 aliphatic heterocycles. The molecule has 2 saturated heterocycles. The average Bonchev–Trinajstić information content (AvgIpc) is 1.79. The number of para-hydroxylation sites is 3. The van der Waals surface area contributed by atoms with Gasteiger partial charge in [0.1, 0.15) is 5.54 Å². The van der Waals surface area contributed by atoms with Gasteiger partial charge in [-0.05, 0) is 128 Å². The van der Waals surface area contributed by atoms with Crippen LogP contribution in [-0.2, 0) is 54.8 Å². The summed E-state index contributed by atoms with van der Waals surface area (Å²) in [6.45, 7) is 2.04. The van der Waals surface area contributed by atoms with Crippen molar-refractivity contribution in [3.63, 3.8) is 0 Å². The number of anilines is 2. The smallest absolute Gasteiger partial charge is 0.371 e. The average molecular weight is 1300 g/mol. The van der Waals surface area contributed by atoms with Crippen molar-refractivity contribution in [1.82, 2.24) is 10.6 Å². The highest BCUT2D eigenvalue weighted by Gasteiger charge is 2.54. The van der Waals surface area contributed by atoms with Crippen molar-refractivity contribution >= 4 is 76.4 Å². The summed E-state index contributed by atoms with van der Waals surface area (Å²) < 4.78 is 172. The number of urea groups is 2. The number of benzene rings is 7. The first-order valence-corrected chi connectivity index (χ1v) is 29.8. The normalized spacial score (nSPS) is 17.4. The summed E-state index contributed by atoms with van der Waals surface area (Å²) >= 11 is 4.34. The molecule has 2 heterocycles. The van der Waals surface area contributed by atoms with Gasteiger partial charge in [0.2, 0.25) is 6.08 Å². The summed E-state index contributed by atoms with van der Waals surface area (Å²) in [4.78, 5) is 58.7. The number of nitrogens with one attached hydrogen (secondary N) is 2. The highest BCUT2D eigenvalue weighted by atomic mass is 32.2. The van der Waals surface area contributed by atoms with Crippen LogP contribution >= 0.6 is 35.3 Å². The summed E-state index contributed by atoms with van der Waals surface area (Å²) in [5, 5.41) is 5.61. The lowest BCUT2D eigenvalue weighted by atomic mass is 9.90. The maximum atomic E-state index is 13.9. The van der Waals surface area contributed by atoms with Crippen molar-refractivity contribution in [3.05, 3.63) is 214 Å². The van der Waals surface area contributed by atoms with Crippen LogP contribution in [0.2, 0.25) is 0 Å². The fourth-order valence-electron chi connectivity index (χ4n) is 9.40. The maximum Gasteiger partial charge on any atom is 0.416 e. The quantitative estimate of drug-likeness (QED) is 0.0319. The molecule has 2 fully saturated rings. The highest BCUT2D eigenvalue weighted by Crippen LogP contribution is 2.43. The minimum absolute atomic E-state index is 0. The summed E-state index contributed by atoms with van der Waals surface area (Å²) in [5.74, 6) is -0.701. The standard InChI is InChI=1S/C27H22F6N2O3S.C27H24F6N2O2S.C8H7NOS.CH4/c1-16(17-12-19(26(28,29)30)14-20(13-17)27(31,32)33)38-15-25(18-8-4-3-5-9-18)23(36)35(24(37)34-25)21-10-6-7-11-22(21)39-2;1-17(18-12-20(26(28,29)30)14-21(13-18)27(31,32)33)37-16-25(19-8-4-3-5-9-19)15-35(24(36)34-25)22-10-6-7-11-23(22)38-2;1-11-8-5-3-2-4-7(8)9-6-10;/h3-14,16H,15H2,1-2H3,(H,34,37);3-14,17H,15-16H2,1-2H3,(H,34,36);2-5H,1H3;1H4/t16-,25-;17-,25-;;/m11../s1. The monoisotopic (exact) mass is 1300 g/mol. The number of alkyl halides is 12. The van der Waals surface area contributed by atoms with Gasteiger partial charge in [0.15, 0.2) is 5.54 Å². The van der Waals surface area contributed by atoms with Crippen LogP contribution in [-0.4, -0.2) is 62.6 Å². The summed E-state index contributed by atoms with van der Waals surface area (Å²) in [6, 6.07) is 39.9. The Bertz CT molecular complexity index is 3580. The van der Waals surface area contributed by atoms with Crippen molar-refractivity contribution < 1.29 is 81.3 Å². The molecular weight excluding hydrogens is 1250 g/mol. The number of carbonyl (C=O) groups excluding carboxylic acids is 4. The molecular formula is C63H57F12N5O6S3. The van der Waals surface area contributed by atoms with Gasteiger partial charge in [-0.15, -0.1) is 35.3 Å². The Morgan fingerprint density at radius 1 is 0.517 bits per heavy atom. The fourth-order valence-corrected chi connectivity index (χ4v) is 11.1. The van der Waals surface area contributed by atoms with E-state index in [0.717, 1.165) is 14.7 Å². The van der Waals surface area contributed by atoms with Gasteiger partial charge in [0.25, 0.3) is 5.91 Å². The Hall–Kier alpha value is -7.74. The minimum Gasteiger partial charge on any atom is -0.371 e. The molecule has 0 aromatic heterocycles. The second-order valence-electron chi connectivity index (χ2n) is 19.6. The van der Waals surface area contributed by atoms with Gasteiger partial charge in [0, 0.05) is 14.7 Å². The Balaban J connectivity index is 0.000000240. The maximum absolute atomic E-state index is 13.9. The third kappa shape index (κ3) is 16.8. The van der Waals surface area contributed by atoms with Crippen molar-refractivity contribution in [2.45, 2.75) is 84.0 Å². The zero-order valence-electron chi connectivity index (χ0n) is 47.0. The number of aliphatic imine (C=N–C) groups is 1. The van der Waals surface area contributed by atoms with Gasteiger partial charge < -0.3 is 20.1 Å². The lowest BCUT2D eigenvalue weighted by Gasteiger charge is -2.31. The van der Waals surface area contributed by atoms with E-state index < -0.39 is 94.8 Å². The first-order valence-electron chi connectivity index (χ1n) is 26.2. The van der Waals surface area contributed by atoms with Gasteiger partial charge in [-0.2, -0.15) is 57.7 Å². The number of rotatable bonds is 16. The van der Waals surface area contributed by atoms with E-state index >= 15 is 0 Å². The van der Waals surface area contributed by atoms with Gasteiger partial charge in [0.05, 0.1) is 71.3 Å². The molecule has 5 amide bonds. The molecule has 26 heteroatoms. The third-order valence-electron chi connectivity index (χ3n) is 13.9. The van der Waals surface area contributed by atoms with E-state index in [1.807, 2.05) is 42.8 Å². The van der Waals surface area contributed by atoms with E-state index in [4.69, 9.17) is 9.47 Å². The van der Waals surface area contributed by atoms with E-state index in [1.54, 1.807) is 126 Å². The number of ether oxygens (including phenoxy) is 2. The van der Waals surface area contributed by atoms with E-state index in [0.29, 0.717) is 57.4 Å². The van der Waals surface area contributed by atoms with Crippen LogP contribution in [0.3, 0.4) is 0 Å². The number of halogens is 12. The second kappa shape index (κ2) is 29.3. The van der Waals surface area contributed by atoms with E-state index in [-0.39, 0.29) is 43.8 Å². The SMILES string of the molecule is C.CSc1ccccc1N1C(=O)N[C@](CO[C@H](C)c2cc(C(F)(F)F)cc(C(F)(F)F)c2)(c2ccccc2)C1=O.CSc1ccccc1N1C[C@@](CO[C@H](C)c2cc(C(F)(F)F)cc(C(F)(F)F)c2)(c2ccccc2)NC1=O.CSc1ccccc1N=C=O. The van der Waals surface area contributed by atoms with Crippen molar-refractivity contribution in [2.24, 2.45) is 4.99 Å². The molecule has 0 spiro atoms. The number of carbonyl (C=O) groups is 3. The number of hydrogen-bond acceptors (Lipinski definition) is 10. The second-order valence-corrected chi connectivity index (χ2v) is 22.2. The first-order chi connectivity index (χ1) is 41.5. The van der Waals surface area contributed by atoms with Crippen LogP contribution in [0.15, 0.2) is 190 Å². The molecule has 0 radical (unpaired) electrons. The Kier molecular flexibility index (Phi) is 23.1. The molecule has 4 atom stereocenters. The molecule has 9 rings (SSSR count). The predicted molar refractivity (Wildman–Crippen MR) is 319 cm³/mol. The summed E-state index contributed by atoms with van der Waals surface area (Å²) in [6.07, 6.45) is -15.3. The van der Waals surface area contributed by atoms with Crippen LogP contribution < -0.4 is 20.4 Å². The largest absolute Gasteiger partial charge is 0.416 e. The molecule has 89 heavy (non-hydrogen) atoms. The summed E-state index contributed by atoms with van der Waals surface area (Å²) in [5.41, 5.74) is -6.63. The van der Waals surface area contributed by atoms with Crippen LogP contribution in [0.5, 0.6) is 0 Å².